The third-order valence-corrected chi connectivity index (χ3v) is 3.90. The Hall–Kier alpha value is -2.43. The first-order chi connectivity index (χ1) is 10.8. The highest BCUT2D eigenvalue weighted by Crippen LogP contribution is 2.39. The van der Waals surface area contributed by atoms with E-state index in [9.17, 15) is 4.79 Å². The van der Waals surface area contributed by atoms with Crippen molar-refractivity contribution in [3.8, 4) is 0 Å². The van der Waals surface area contributed by atoms with Gasteiger partial charge < -0.3 is 11.1 Å². The van der Waals surface area contributed by atoms with Crippen molar-refractivity contribution >= 4 is 17.4 Å². The molecule has 1 aliphatic carbocycles. The lowest BCUT2D eigenvalue weighted by Gasteiger charge is -2.19. The Morgan fingerprint density at radius 1 is 1.17 bits per heavy atom. The van der Waals surface area contributed by atoms with Gasteiger partial charge in [-0.05, 0) is 37.1 Å². The molecule has 0 saturated heterocycles. The van der Waals surface area contributed by atoms with E-state index in [0.717, 1.165) is 23.0 Å². The number of carbonyl (C=O) groups excluding carboxylic acids is 1. The Balaban J connectivity index is 1.89. The fourth-order valence-corrected chi connectivity index (χ4v) is 2.30. The average molecular weight is 310 g/mol. The SMILES string of the molecule is CC(C)(C)c1cc(Nc2ccc(C(N)=O)cc2)nc(C2CC2)n1. The number of nitrogens with one attached hydrogen (secondary N) is 1. The molecule has 5 nitrogen and oxygen atoms in total. The third kappa shape index (κ3) is 3.67. The monoisotopic (exact) mass is 310 g/mol. The molecule has 0 atom stereocenters. The molecule has 2 aromatic rings. The number of hydrogen-bond donors (Lipinski definition) is 2. The molecule has 0 aliphatic heterocycles. The summed E-state index contributed by atoms with van der Waals surface area (Å²) in [5.41, 5.74) is 7.63. The van der Waals surface area contributed by atoms with E-state index in [1.807, 2.05) is 18.2 Å². The second-order valence-electron chi connectivity index (χ2n) is 7.09. The van der Waals surface area contributed by atoms with Crippen molar-refractivity contribution in [1.82, 2.24) is 9.97 Å². The summed E-state index contributed by atoms with van der Waals surface area (Å²) in [5.74, 6) is 1.78. The number of carbonyl (C=O) groups is 1. The quantitative estimate of drug-likeness (QED) is 0.905. The lowest BCUT2D eigenvalue weighted by molar-refractivity contribution is 0.100. The Labute approximate surface area is 136 Å². The number of aromatic nitrogens is 2. The number of amides is 1. The summed E-state index contributed by atoms with van der Waals surface area (Å²) in [5, 5.41) is 3.30. The summed E-state index contributed by atoms with van der Waals surface area (Å²) >= 11 is 0. The van der Waals surface area contributed by atoms with Crippen LogP contribution in [-0.4, -0.2) is 15.9 Å². The second kappa shape index (κ2) is 5.65. The molecular weight excluding hydrogens is 288 g/mol. The summed E-state index contributed by atoms with van der Waals surface area (Å²) in [6, 6.07) is 9.07. The van der Waals surface area contributed by atoms with Gasteiger partial charge in [0.05, 0.1) is 5.69 Å². The van der Waals surface area contributed by atoms with Crippen LogP contribution in [0, 0.1) is 0 Å². The Kier molecular flexibility index (Phi) is 3.80. The highest BCUT2D eigenvalue weighted by atomic mass is 16.1. The Bertz CT molecular complexity index is 728. The van der Waals surface area contributed by atoms with E-state index in [-0.39, 0.29) is 5.41 Å². The van der Waals surface area contributed by atoms with Crippen molar-refractivity contribution in [1.29, 1.82) is 0 Å². The average Bonchev–Trinajstić information content (AvgIpc) is 3.31. The lowest BCUT2D eigenvalue weighted by atomic mass is 9.92. The first-order valence-electron chi connectivity index (χ1n) is 7.89. The van der Waals surface area contributed by atoms with Gasteiger partial charge in [0.1, 0.15) is 11.6 Å². The zero-order valence-electron chi connectivity index (χ0n) is 13.8. The molecule has 1 fully saturated rings. The van der Waals surface area contributed by atoms with E-state index in [1.165, 1.54) is 12.8 Å². The minimum atomic E-state index is -0.426. The number of anilines is 2. The molecule has 1 heterocycles. The molecule has 1 saturated carbocycles. The molecular formula is C18H22N4O. The van der Waals surface area contributed by atoms with Gasteiger partial charge in [0.25, 0.3) is 0 Å². The van der Waals surface area contributed by atoms with Gasteiger partial charge in [-0.25, -0.2) is 9.97 Å². The van der Waals surface area contributed by atoms with Crippen LogP contribution in [0.15, 0.2) is 30.3 Å². The maximum Gasteiger partial charge on any atom is 0.248 e. The molecule has 1 aromatic heterocycles. The van der Waals surface area contributed by atoms with Gasteiger partial charge in [-0.1, -0.05) is 20.8 Å². The standard InChI is InChI=1S/C18H22N4O/c1-18(2,3)14-10-15(22-17(21-14)12-4-5-12)20-13-8-6-11(7-9-13)16(19)23/h6-10,12H,4-5H2,1-3H3,(H2,19,23)(H,20,21,22). The van der Waals surface area contributed by atoms with Crippen molar-refractivity contribution in [2.45, 2.75) is 44.9 Å². The summed E-state index contributed by atoms with van der Waals surface area (Å²) in [6.45, 7) is 6.45. The van der Waals surface area contributed by atoms with Crippen LogP contribution in [0.3, 0.4) is 0 Å². The molecule has 0 bridgehead atoms. The van der Waals surface area contributed by atoms with Crippen LogP contribution in [0.4, 0.5) is 11.5 Å². The summed E-state index contributed by atoms with van der Waals surface area (Å²) in [4.78, 5) is 20.5. The molecule has 0 spiro atoms. The first-order valence-corrected chi connectivity index (χ1v) is 7.89. The van der Waals surface area contributed by atoms with Crippen molar-refractivity contribution in [3.63, 3.8) is 0 Å². The normalized spacial score (nSPS) is 14.6. The third-order valence-electron chi connectivity index (χ3n) is 3.90. The predicted octanol–water partition coefficient (Wildman–Crippen LogP) is 3.49. The van der Waals surface area contributed by atoms with Gasteiger partial charge in [0, 0.05) is 28.7 Å². The molecule has 3 N–H and O–H groups in total. The molecule has 0 unspecified atom stereocenters. The largest absolute Gasteiger partial charge is 0.366 e. The van der Waals surface area contributed by atoms with Gasteiger partial charge in [-0.2, -0.15) is 0 Å². The van der Waals surface area contributed by atoms with E-state index < -0.39 is 5.91 Å². The van der Waals surface area contributed by atoms with Crippen LogP contribution in [0.1, 0.15) is 61.4 Å². The van der Waals surface area contributed by atoms with Gasteiger partial charge in [-0.3, -0.25) is 4.79 Å². The van der Waals surface area contributed by atoms with E-state index in [1.54, 1.807) is 12.1 Å². The zero-order valence-corrected chi connectivity index (χ0v) is 13.8. The molecule has 1 aliphatic rings. The summed E-state index contributed by atoms with van der Waals surface area (Å²) in [7, 11) is 0. The minimum Gasteiger partial charge on any atom is -0.366 e. The number of hydrogen-bond acceptors (Lipinski definition) is 4. The van der Waals surface area contributed by atoms with Crippen molar-refractivity contribution in [3.05, 3.63) is 47.4 Å². The van der Waals surface area contributed by atoms with Gasteiger partial charge in [0.2, 0.25) is 5.91 Å². The van der Waals surface area contributed by atoms with E-state index in [2.05, 4.69) is 31.1 Å². The fourth-order valence-electron chi connectivity index (χ4n) is 2.30. The molecule has 5 heteroatoms. The maximum absolute atomic E-state index is 11.1. The van der Waals surface area contributed by atoms with Crippen LogP contribution in [0.5, 0.6) is 0 Å². The van der Waals surface area contributed by atoms with Crippen molar-refractivity contribution < 1.29 is 4.79 Å². The summed E-state index contributed by atoms with van der Waals surface area (Å²) < 4.78 is 0. The number of rotatable bonds is 4. The fraction of sp³-hybridized carbons (Fsp3) is 0.389. The van der Waals surface area contributed by atoms with Crippen LogP contribution in [0.25, 0.3) is 0 Å². The highest BCUT2D eigenvalue weighted by molar-refractivity contribution is 5.93. The van der Waals surface area contributed by atoms with Crippen molar-refractivity contribution in [2.24, 2.45) is 5.73 Å². The van der Waals surface area contributed by atoms with Crippen molar-refractivity contribution in [2.75, 3.05) is 5.32 Å². The van der Waals surface area contributed by atoms with Gasteiger partial charge >= 0.3 is 0 Å². The molecule has 1 amide bonds. The van der Waals surface area contributed by atoms with Crippen LogP contribution in [-0.2, 0) is 5.41 Å². The van der Waals surface area contributed by atoms with Crippen LogP contribution < -0.4 is 11.1 Å². The molecule has 120 valence electrons. The molecule has 1 aromatic carbocycles. The Morgan fingerprint density at radius 2 is 1.83 bits per heavy atom. The van der Waals surface area contributed by atoms with Gasteiger partial charge in [0.15, 0.2) is 0 Å². The molecule has 23 heavy (non-hydrogen) atoms. The van der Waals surface area contributed by atoms with Crippen LogP contribution >= 0.6 is 0 Å². The number of primary amides is 1. The second-order valence-corrected chi connectivity index (χ2v) is 7.09. The number of nitrogens with zero attached hydrogens (tertiary/aromatic N) is 2. The smallest absolute Gasteiger partial charge is 0.248 e. The Morgan fingerprint density at radius 3 is 2.35 bits per heavy atom. The first kappa shape index (κ1) is 15.5. The van der Waals surface area contributed by atoms with E-state index >= 15 is 0 Å². The van der Waals surface area contributed by atoms with E-state index in [0.29, 0.717) is 11.5 Å². The lowest BCUT2D eigenvalue weighted by Crippen LogP contribution is -2.16. The zero-order chi connectivity index (χ0) is 16.6. The number of benzene rings is 1. The van der Waals surface area contributed by atoms with E-state index in [4.69, 9.17) is 10.7 Å². The van der Waals surface area contributed by atoms with Gasteiger partial charge in [-0.15, -0.1) is 0 Å². The molecule has 0 radical (unpaired) electrons. The highest BCUT2D eigenvalue weighted by Gasteiger charge is 2.29. The van der Waals surface area contributed by atoms with Crippen LogP contribution in [0.2, 0.25) is 0 Å². The minimum absolute atomic E-state index is 0.0289. The number of nitrogens with two attached hydrogens (primary N) is 1. The molecule has 3 rings (SSSR count). The predicted molar refractivity (Wildman–Crippen MR) is 90.9 cm³/mol. The summed E-state index contributed by atoms with van der Waals surface area (Å²) in [6.07, 6.45) is 2.33. The topological polar surface area (TPSA) is 80.9 Å². The maximum atomic E-state index is 11.1.